The summed E-state index contributed by atoms with van der Waals surface area (Å²) in [6.07, 6.45) is 2.41. The number of nitrogens with one attached hydrogen (secondary N) is 1. The van der Waals surface area contributed by atoms with Gasteiger partial charge in [0.05, 0.1) is 12.3 Å². The number of rotatable bonds is 7. The van der Waals surface area contributed by atoms with Crippen LogP contribution in [0.5, 0.6) is 0 Å². The molecule has 0 unspecified atom stereocenters. The first-order valence-corrected chi connectivity index (χ1v) is 8.94. The number of likely N-dealkylation sites (N-methyl/N-ethyl adjacent to an activating group) is 1. The zero-order chi connectivity index (χ0) is 15.6. The predicted octanol–water partition coefficient (Wildman–Crippen LogP) is 1.14. The van der Waals surface area contributed by atoms with Gasteiger partial charge in [0, 0.05) is 30.9 Å². The van der Waals surface area contributed by atoms with Gasteiger partial charge >= 0.3 is 0 Å². The maximum atomic E-state index is 12.2. The number of aryl methyl sites for hydroxylation is 1. The van der Waals surface area contributed by atoms with E-state index in [1.165, 1.54) is 24.7 Å². The van der Waals surface area contributed by atoms with Gasteiger partial charge in [-0.1, -0.05) is 0 Å². The van der Waals surface area contributed by atoms with Gasteiger partial charge in [0.1, 0.15) is 4.90 Å². The number of H-pyrrole nitrogens is 1. The SMILES string of the molecule is Cc1[nH]nc(C(=O)N(C)CCOCC2CC2)c1S(=O)(=O)Cl. The summed E-state index contributed by atoms with van der Waals surface area (Å²) in [5, 5.41) is 6.23. The Morgan fingerprint density at radius 1 is 1.52 bits per heavy atom. The van der Waals surface area contributed by atoms with E-state index in [2.05, 4.69) is 10.2 Å². The highest BCUT2D eigenvalue weighted by Crippen LogP contribution is 2.28. The average molecular weight is 336 g/mol. The Labute approximate surface area is 128 Å². The standard InChI is InChI=1S/C12H18ClN3O4S/c1-8-11(21(13,18)19)10(15-14-8)12(17)16(2)5-6-20-7-9-3-4-9/h9H,3-7H2,1-2H3,(H,14,15). The molecule has 9 heteroatoms. The van der Waals surface area contributed by atoms with Crippen molar-refractivity contribution in [3.63, 3.8) is 0 Å². The fourth-order valence-corrected chi connectivity index (χ4v) is 3.22. The van der Waals surface area contributed by atoms with Gasteiger partial charge in [0.2, 0.25) is 0 Å². The minimum Gasteiger partial charge on any atom is -0.379 e. The smallest absolute Gasteiger partial charge is 0.275 e. The molecule has 0 radical (unpaired) electrons. The highest BCUT2D eigenvalue weighted by atomic mass is 35.7. The summed E-state index contributed by atoms with van der Waals surface area (Å²) in [6, 6.07) is 0. The zero-order valence-corrected chi connectivity index (χ0v) is 13.5. The molecule has 0 bridgehead atoms. The summed E-state index contributed by atoms with van der Waals surface area (Å²) < 4.78 is 28.5. The van der Waals surface area contributed by atoms with Gasteiger partial charge in [-0.2, -0.15) is 5.10 Å². The van der Waals surface area contributed by atoms with Gasteiger partial charge in [-0.05, 0) is 25.7 Å². The van der Waals surface area contributed by atoms with Crippen LogP contribution in [0.25, 0.3) is 0 Å². The second-order valence-electron chi connectivity index (χ2n) is 5.21. The van der Waals surface area contributed by atoms with Crippen LogP contribution in [0.2, 0.25) is 0 Å². The third-order valence-corrected chi connectivity index (χ3v) is 4.76. The van der Waals surface area contributed by atoms with E-state index in [0.29, 0.717) is 25.7 Å². The molecule has 0 spiro atoms. The highest BCUT2D eigenvalue weighted by molar-refractivity contribution is 8.13. The summed E-state index contributed by atoms with van der Waals surface area (Å²) in [4.78, 5) is 13.3. The van der Waals surface area contributed by atoms with Crippen LogP contribution in [-0.4, -0.2) is 56.2 Å². The number of ether oxygens (including phenoxy) is 1. The average Bonchev–Trinajstić information content (AvgIpc) is 3.13. The third-order valence-electron chi connectivity index (χ3n) is 3.31. The van der Waals surface area contributed by atoms with Gasteiger partial charge in [0.15, 0.2) is 5.69 Å². The Morgan fingerprint density at radius 2 is 2.19 bits per heavy atom. The lowest BCUT2D eigenvalue weighted by Crippen LogP contribution is -2.31. The monoisotopic (exact) mass is 335 g/mol. The molecule has 2 rings (SSSR count). The Hall–Kier alpha value is -1.12. The quantitative estimate of drug-likeness (QED) is 0.596. The van der Waals surface area contributed by atoms with Crippen LogP contribution in [-0.2, 0) is 13.8 Å². The second kappa shape index (κ2) is 6.33. The summed E-state index contributed by atoms with van der Waals surface area (Å²) in [5.41, 5.74) is 0.0546. The van der Waals surface area contributed by atoms with Crippen LogP contribution in [0.15, 0.2) is 4.90 Å². The molecule has 21 heavy (non-hydrogen) atoms. The molecule has 1 aromatic heterocycles. The lowest BCUT2D eigenvalue weighted by Gasteiger charge is -2.16. The minimum absolute atomic E-state index is 0.188. The largest absolute Gasteiger partial charge is 0.379 e. The van der Waals surface area contributed by atoms with E-state index in [-0.39, 0.29) is 16.3 Å². The molecule has 0 saturated heterocycles. The number of carbonyl (C=O) groups excluding carboxylic acids is 1. The summed E-state index contributed by atoms with van der Waals surface area (Å²) in [6.45, 7) is 2.98. The number of nitrogens with zero attached hydrogens (tertiary/aromatic N) is 2. The van der Waals surface area contributed by atoms with E-state index in [0.717, 1.165) is 0 Å². The molecule has 1 fully saturated rings. The molecular formula is C12H18ClN3O4S. The van der Waals surface area contributed by atoms with Gasteiger partial charge in [-0.25, -0.2) is 8.42 Å². The molecule has 118 valence electrons. The molecule has 1 amide bonds. The number of carbonyl (C=O) groups is 1. The van der Waals surface area contributed by atoms with Crippen LogP contribution >= 0.6 is 10.7 Å². The van der Waals surface area contributed by atoms with Crippen molar-refractivity contribution in [3.8, 4) is 0 Å². The minimum atomic E-state index is -4.03. The Kier molecular flexibility index (Phi) is 4.90. The van der Waals surface area contributed by atoms with E-state index < -0.39 is 15.0 Å². The maximum absolute atomic E-state index is 12.2. The molecule has 1 N–H and O–H groups in total. The number of aromatic amines is 1. The lowest BCUT2D eigenvalue weighted by atomic mass is 10.3. The number of amides is 1. The first-order valence-electron chi connectivity index (χ1n) is 6.63. The number of hydrogen-bond donors (Lipinski definition) is 1. The van der Waals surface area contributed by atoms with E-state index in [9.17, 15) is 13.2 Å². The van der Waals surface area contributed by atoms with E-state index in [1.807, 2.05) is 0 Å². The van der Waals surface area contributed by atoms with E-state index in [1.54, 1.807) is 7.05 Å². The van der Waals surface area contributed by atoms with Crippen molar-refractivity contribution in [2.24, 2.45) is 5.92 Å². The molecule has 0 aliphatic heterocycles. The maximum Gasteiger partial charge on any atom is 0.275 e. The zero-order valence-electron chi connectivity index (χ0n) is 11.9. The lowest BCUT2D eigenvalue weighted by molar-refractivity contribution is 0.0673. The van der Waals surface area contributed by atoms with Crippen molar-refractivity contribution in [3.05, 3.63) is 11.4 Å². The van der Waals surface area contributed by atoms with E-state index in [4.69, 9.17) is 15.4 Å². The molecule has 1 aliphatic rings. The second-order valence-corrected chi connectivity index (χ2v) is 7.71. The third kappa shape index (κ3) is 4.18. The fraction of sp³-hybridized carbons (Fsp3) is 0.667. The summed E-state index contributed by atoms with van der Waals surface area (Å²) >= 11 is 0. The highest BCUT2D eigenvalue weighted by Gasteiger charge is 2.28. The van der Waals surface area contributed by atoms with Crippen LogP contribution < -0.4 is 0 Å². The van der Waals surface area contributed by atoms with Crippen LogP contribution in [0.1, 0.15) is 29.0 Å². The molecule has 1 aliphatic carbocycles. The first-order chi connectivity index (χ1) is 9.80. The Balaban J connectivity index is 1.98. The van der Waals surface area contributed by atoms with Crippen molar-refractivity contribution in [2.75, 3.05) is 26.8 Å². The summed E-state index contributed by atoms with van der Waals surface area (Å²) in [5.74, 6) is 0.154. The summed E-state index contributed by atoms with van der Waals surface area (Å²) in [7, 11) is 2.88. The topological polar surface area (TPSA) is 92.4 Å². The van der Waals surface area contributed by atoms with Crippen molar-refractivity contribution >= 4 is 25.6 Å². The van der Waals surface area contributed by atoms with Crippen molar-refractivity contribution in [1.82, 2.24) is 15.1 Å². The predicted molar refractivity (Wildman–Crippen MR) is 76.9 cm³/mol. The fourth-order valence-electron chi connectivity index (χ4n) is 1.88. The van der Waals surface area contributed by atoms with Crippen LogP contribution in [0.3, 0.4) is 0 Å². The molecule has 0 atom stereocenters. The van der Waals surface area contributed by atoms with Gasteiger partial charge in [0.25, 0.3) is 15.0 Å². The number of halogens is 1. The normalized spacial score (nSPS) is 15.2. The Morgan fingerprint density at radius 3 is 2.76 bits per heavy atom. The number of aromatic nitrogens is 2. The van der Waals surface area contributed by atoms with Crippen LogP contribution in [0, 0.1) is 12.8 Å². The van der Waals surface area contributed by atoms with Crippen LogP contribution in [0.4, 0.5) is 0 Å². The van der Waals surface area contributed by atoms with Crippen molar-refractivity contribution < 1.29 is 17.9 Å². The Bertz CT molecular complexity index is 624. The number of hydrogen-bond acceptors (Lipinski definition) is 5. The van der Waals surface area contributed by atoms with Gasteiger partial charge in [-0.3, -0.25) is 9.89 Å². The first kappa shape index (κ1) is 16.3. The molecule has 1 heterocycles. The van der Waals surface area contributed by atoms with Crippen molar-refractivity contribution in [1.29, 1.82) is 0 Å². The van der Waals surface area contributed by atoms with Gasteiger partial charge < -0.3 is 9.64 Å². The van der Waals surface area contributed by atoms with E-state index >= 15 is 0 Å². The van der Waals surface area contributed by atoms with Gasteiger partial charge in [-0.15, -0.1) is 0 Å². The molecule has 7 nitrogen and oxygen atoms in total. The molecule has 0 aromatic carbocycles. The van der Waals surface area contributed by atoms with Crippen molar-refractivity contribution in [2.45, 2.75) is 24.7 Å². The molecular weight excluding hydrogens is 318 g/mol. The molecule has 1 aromatic rings. The molecule has 1 saturated carbocycles.